The number of nitrogens with zero attached hydrogens (tertiary/aromatic N) is 1. The zero-order valence-electron chi connectivity index (χ0n) is 12.7. The molecule has 1 aromatic carbocycles. The molecule has 0 radical (unpaired) electrons. The molecular formula is C19H23NS. The van der Waals surface area contributed by atoms with E-state index in [1.165, 1.54) is 35.5 Å². The maximum Gasteiger partial charge on any atom is 0.0637 e. The second kappa shape index (κ2) is 9.41. The van der Waals surface area contributed by atoms with Crippen molar-refractivity contribution in [1.29, 1.82) is 0 Å². The molecular weight excluding hydrogens is 274 g/mol. The van der Waals surface area contributed by atoms with Gasteiger partial charge in [0.2, 0.25) is 0 Å². The molecule has 0 bridgehead atoms. The Morgan fingerprint density at radius 3 is 2.52 bits per heavy atom. The average molecular weight is 297 g/mol. The van der Waals surface area contributed by atoms with E-state index >= 15 is 0 Å². The van der Waals surface area contributed by atoms with Crippen LogP contribution < -0.4 is 0 Å². The number of hydrogen-bond donors (Lipinski definition) is 0. The minimum absolute atomic E-state index is 1.05. The predicted octanol–water partition coefficient (Wildman–Crippen LogP) is 6.19. The molecule has 2 rings (SSSR count). The quantitative estimate of drug-likeness (QED) is 0.426. The van der Waals surface area contributed by atoms with Crippen LogP contribution >= 0.6 is 11.8 Å². The molecule has 1 heterocycles. The first-order chi connectivity index (χ1) is 10.4. The Hall–Kier alpha value is -1.54. The minimum atomic E-state index is 1.05. The summed E-state index contributed by atoms with van der Waals surface area (Å²) in [6.07, 6.45) is 10.4. The van der Waals surface area contributed by atoms with Gasteiger partial charge in [-0.15, -0.1) is 0 Å². The highest BCUT2D eigenvalue weighted by molar-refractivity contribution is 8.03. The van der Waals surface area contributed by atoms with Crippen LogP contribution in [0, 0.1) is 0 Å². The molecule has 1 nitrogen and oxygen atoms in total. The molecule has 0 spiro atoms. The van der Waals surface area contributed by atoms with Gasteiger partial charge in [0.05, 0.1) is 5.69 Å². The van der Waals surface area contributed by atoms with Crippen LogP contribution in [0.2, 0.25) is 0 Å². The Bertz CT molecular complexity index is 534. The molecule has 0 aliphatic heterocycles. The Morgan fingerprint density at radius 2 is 1.81 bits per heavy atom. The van der Waals surface area contributed by atoms with Gasteiger partial charge in [-0.2, -0.15) is 0 Å². The molecule has 21 heavy (non-hydrogen) atoms. The number of allylic oxidation sites excluding steroid dienone is 1. The zero-order chi connectivity index (χ0) is 14.8. The van der Waals surface area contributed by atoms with Crippen molar-refractivity contribution in [1.82, 2.24) is 4.98 Å². The van der Waals surface area contributed by atoms with Crippen LogP contribution in [-0.2, 0) is 0 Å². The summed E-state index contributed by atoms with van der Waals surface area (Å²) in [4.78, 5) is 7.12. The van der Waals surface area contributed by atoms with Gasteiger partial charge in [-0.1, -0.05) is 62.2 Å². The third kappa shape index (κ3) is 6.17. The number of unbranched alkanes of at least 4 members (excludes halogenated alkanes) is 3. The molecule has 0 unspecified atom stereocenters. The molecule has 0 fully saturated rings. The van der Waals surface area contributed by atoms with E-state index in [1.807, 2.05) is 30.1 Å². The monoisotopic (exact) mass is 297 g/mol. The van der Waals surface area contributed by atoms with Gasteiger partial charge in [0.15, 0.2) is 0 Å². The van der Waals surface area contributed by atoms with Crippen molar-refractivity contribution in [2.45, 2.75) is 43.9 Å². The standard InChI is InChI=1S/C19H23NS/c1-2-3-4-6-14-19(16-17-11-9-10-15-20-17)21-18-12-7-5-8-13-18/h5,7-13,15-16H,2-4,6,14H2,1H3. The van der Waals surface area contributed by atoms with Crippen molar-refractivity contribution >= 4 is 17.8 Å². The summed E-state index contributed by atoms with van der Waals surface area (Å²) in [6.45, 7) is 2.25. The SMILES string of the molecule is CCCCCCC(=Cc1ccccn1)Sc1ccccc1. The summed E-state index contributed by atoms with van der Waals surface area (Å²) in [7, 11) is 0. The number of aromatic nitrogens is 1. The molecule has 110 valence electrons. The van der Waals surface area contributed by atoms with Crippen molar-refractivity contribution in [2.24, 2.45) is 0 Å². The van der Waals surface area contributed by atoms with E-state index in [4.69, 9.17) is 0 Å². The van der Waals surface area contributed by atoms with E-state index in [0.717, 1.165) is 12.1 Å². The van der Waals surface area contributed by atoms with E-state index in [1.54, 1.807) is 0 Å². The highest BCUT2D eigenvalue weighted by Crippen LogP contribution is 2.31. The van der Waals surface area contributed by atoms with Gasteiger partial charge in [-0.3, -0.25) is 4.98 Å². The van der Waals surface area contributed by atoms with E-state index in [9.17, 15) is 0 Å². The fraction of sp³-hybridized carbons (Fsp3) is 0.316. The molecule has 0 N–H and O–H groups in total. The lowest BCUT2D eigenvalue weighted by atomic mass is 10.1. The second-order valence-electron chi connectivity index (χ2n) is 5.09. The molecule has 1 aromatic heterocycles. The first kappa shape index (κ1) is 15.8. The molecule has 0 amide bonds. The molecule has 0 saturated heterocycles. The van der Waals surface area contributed by atoms with Gasteiger partial charge in [-0.25, -0.2) is 0 Å². The van der Waals surface area contributed by atoms with Crippen LogP contribution in [0.25, 0.3) is 6.08 Å². The number of pyridine rings is 1. The number of hydrogen-bond acceptors (Lipinski definition) is 2. The molecule has 2 aromatic rings. The van der Waals surface area contributed by atoms with Crippen LogP contribution in [0.3, 0.4) is 0 Å². The molecule has 0 aliphatic rings. The first-order valence-corrected chi connectivity index (χ1v) is 8.54. The van der Waals surface area contributed by atoms with E-state index in [-0.39, 0.29) is 0 Å². The van der Waals surface area contributed by atoms with Crippen LogP contribution in [0.5, 0.6) is 0 Å². The largest absolute Gasteiger partial charge is 0.257 e. The highest BCUT2D eigenvalue weighted by atomic mass is 32.2. The fourth-order valence-corrected chi connectivity index (χ4v) is 3.17. The zero-order valence-corrected chi connectivity index (χ0v) is 13.5. The average Bonchev–Trinajstić information content (AvgIpc) is 2.53. The predicted molar refractivity (Wildman–Crippen MR) is 93.3 cm³/mol. The molecule has 0 saturated carbocycles. The van der Waals surface area contributed by atoms with Crippen LogP contribution in [0.4, 0.5) is 0 Å². The van der Waals surface area contributed by atoms with Gasteiger partial charge in [0.1, 0.15) is 0 Å². The van der Waals surface area contributed by atoms with E-state index in [0.29, 0.717) is 0 Å². The summed E-state index contributed by atoms with van der Waals surface area (Å²) in [5.41, 5.74) is 1.05. The van der Waals surface area contributed by atoms with Crippen molar-refractivity contribution in [3.63, 3.8) is 0 Å². The molecule has 2 heteroatoms. The Morgan fingerprint density at radius 1 is 1.00 bits per heavy atom. The first-order valence-electron chi connectivity index (χ1n) is 7.73. The fourth-order valence-electron chi connectivity index (χ4n) is 2.14. The molecule has 0 aliphatic carbocycles. The Labute approximate surface area is 132 Å². The van der Waals surface area contributed by atoms with Crippen LogP contribution in [-0.4, -0.2) is 4.98 Å². The summed E-state index contributed by atoms with van der Waals surface area (Å²) in [6, 6.07) is 16.7. The maximum absolute atomic E-state index is 4.41. The van der Waals surface area contributed by atoms with Crippen molar-refractivity contribution in [2.75, 3.05) is 0 Å². The van der Waals surface area contributed by atoms with Gasteiger partial charge >= 0.3 is 0 Å². The number of rotatable bonds is 8. The number of benzene rings is 1. The summed E-state index contributed by atoms with van der Waals surface area (Å²) < 4.78 is 0. The van der Waals surface area contributed by atoms with Crippen molar-refractivity contribution < 1.29 is 0 Å². The third-order valence-electron chi connectivity index (χ3n) is 3.27. The van der Waals surface area contributed by atoms with Gasteiger partial charge in [0, 0.05) is 11.1 Å². The minimum Gasteiger partial charge on any atom is -0.257 e. The summed E-state index contributed by atoms with van der Waals surface area (Å²) >= 11 is 1.86. The Balaban J connectivity index is 2.04. The van der Waals surface area contributed by atoms with Crippen LogP contribution in [0.1, 0.15) is 44.7 Å². The Kier molecular flexibility index (Phi) is 7.10. The lowest BCUT2D eigenvalue weighted by molar-refractivity contribution is 0.673. The lowest BCUT2D eigenvalue weighted by Crippen LogP contribution is -1.84. The van der Waals surface area contributed by atoms with Gasteiger partial charge < -0.3 is 0 Å². The number of thioether (sulfide) groups is 1. The topological polar surface area (TPSA) is 12.9 Å². The second-order valence-corrected chi connectivity index (χ2v) is 6.29. The lowest BCUT2D eigenvalue weighted by Gasteiger charge is -2.07. The van der Waals surface area contributed by atoms with Crippen molar-refractivity contribution in [3.05, 3.63) is 65.3 Å². The molecule has 0 atom stereocenters. The van der Waals surface area contributed by atoms with Crippen molar-refractivity contribution in [3.8, 4) is 0 Å². The normalized spacial score (nSPS) is 11.6. The van der Waals surface area contributed by atoms with E-state index < -0.39 is 0 Å². The summed E-state index contributed by atoms with van der Waals surface area (Å²) in [5.74, 6) is 0. The van der Waals surface area contributed by atoms with E-state index in [2.05, 4.69) is 54.4 Å². The summed E-state index contributed by atoms with van der Waals surface area (Å²) in [5, 5.41) is 0. The van der Waals surface area contributed by atoms with Gasteiger partial charge in [-0.05, 0) is 48.1 Å². The van der Waals surface area contributed by atoms with Crippen LogP contribution in [0.15, 0.2) is 64.5 Å². The smallest absolute Gasteiger partial charge is 0.0637 e. The van der Waals surface area contributed by atoms with Gasteiger partial charge in [0.25, 0.3) is 0 Å². The third-order valence-corrected chi connectivity index (χ3v) is 4.36. The maximum atomic E-state index is 4.41. The highest BCUT2D eigenvalue weighted by Gasteiger charge is 2.02.